The number of hydrogen-bond acceptors (Lipinski definition) is 2. The minimum Gasteiger partial charge on any atom is -0.353 e. The maximum atomic E-state index is 11.6. The number of carbonyl (C=O) groups excluding carboxylic acids is 1. The largest absolute Gasteiger partial charge is 0.353 e. The van der Waals surface area contributed by atoms with E-state index in [4.69, 9.17) is 23.2 Å². The summed E-state index contributed by atoms with van der Waals surface area (Å²) in [5, 5.41) is 4.06. The molecular weight excluding hydrogens is 277 g/mol. The Morgan fingerprint density at radius 3 is 2.53 bits per heavy atom. The molecule has 0 saturated heterocycles. The number of benzene rings is 1. The van der Waals surface area contributed by atoms with E-state index in [1.54, 1.807) is 18.2 Å². The van der Waals surface area contributed by atoms with Crippen LogP contribution in [-0.2, 0) is 4.79 Å². The van der Waals surface area contributed by atoms with E-state index in [0.717, 1.165) is 11.3 Å². The number of amides is 1. The predicted molar refractivity (Wildman–Crippen MR) is 75.1 cm³/mol. The van der Waals surface area contributed by atoms with Crippen molar-refractivity contribution >= 4 is 40.9 Å². The van der Waals surface area contributed by atoms with Crippen LogP contribution >= 0.6 is 35.0 Å². The summed E-state index contributed by atoms with van der Waals surface area (Å²) in [6.07, 6.45) is 0.920. The predicted octanol–water partition coefficient (Wildman–Crippen LogP) is 4.00. The van der Waals surface area contributed by atoms with Gasteiger partial charge in [-0.05, 0) is 25.5 Å². The first-order chi connectivity index (χ1) is 8.04. The van der Waals surface area contributed by atoms with Gasteiger partial charge in [0.1, 0.15) is 0 Å². The maximum absolute atomic E-state index is 11.6. The lowest BCUT2D eigenvalue weighted by Crippen LogP contribution is -2.33. The van der Waals surface area contributed by atoms with Crippen molar-refractivity contribution in [1.29, 1.82) is 0 Å². The van der Waals surface area contributed by atoms with E-state index in [1.165, 1.54) is 11.8 Å². The first-order valence-corrected chi connectivity index (χ1v) is 7.15. The van der Waals surface area contributed by atoms with Crippen molar-refractivity contribution in [3.8, 4) is 0 Å². The molecule has 0 saturated carbocycles. The standard InChI is InChI=1S/C12H15Cl2NOS/c1-3-8(2)15-11(16)7-17-12-9(13)5-4-6-10(12)14/h4-6,8H,3,7H2,1-2H3,(H,15,16). The topological polar surface area (TPSA) is 29.1 Å². The molecule has 1 amide bonds. The molecule has 0 spiro atoms. The number of halogens is 2. The zero-order chi connectivity index (χ0) is 12.8. The third-order valence-corrected chi connectivity index (χ3v) is 4.28. The maximum Gasteiger partial charge on any atom is 0.230 e. The number of nitrogens with one attached hydrogen (secondary N) is 1. The fraction of sp³-hybridized carbons (Fsp3) is 0.417. The van der Waals surface area contributed by atoms with Gasteiger partial charge in [-0.1, -0.05) is 36.2 Å². The van der Waals surface area contributed by atoms with E-state index in [9.17, 15) is 4.79 Å². The van der Waals surface area contributed by atoms with Gasteiger partial charge in [-0.3, -0.25) is 4.79 Å². The average Bonchev–Trinajstić information content (AvgIpc) is 2.28. The van der Waals surface area contributed by atoms with Gasteiger partial charge in [0.15, 0.2) is 0 Å². The molecule has 5 heteroatoms. The molecule has 0 aliphatic rings. The SMILES string of the molecule is CCC(C)NC(=O)CSc1c(Cl)cccc1Cl. The van der Waals surface area contributed by atoms with Gasteiger partial charge >= 0.3 is 0 Å². The highest BCUT2D eigenvalue weighted by molar-refractivity contribution is 8.00. The van der Waals surface area contributed by atoms with E-state index in [2.05, 4.69) is 5.32 Å². The lowest BCUT2D eigenvalue weighted by molar-refractivity contribution is -0.119. The lowest BCUT2D eigenvalue weighted by atomic mass is 10.3. The first kappa shape index (κ1) is 14.7. The molecular formula is C12H15Cl2NOS. The number of carbonyl (C=O) groups is 1. The summed E-state index contributed by atoms with van der Waals surface area (Å²) < 4.78 is 0. The molecule has 2 nitrogen and oxygen atoms in total. The smallest absolute Gasteiger partial charge is 0.230 e. The Morgan fingerprint density at radius 1 is 1.41 bits per heavy atom. The van der Waals surface area contributed by atoms with Crippen LogP contribution in [0.1, 0.15) is 20.3 Å². The summed E-state index contributed by atoms with van der Waals surface area (Å²) >= 11 is 13.4. The minimum absolute atomic E-state index is 0.000311. The van der Waals surface area contributed by atoms with Crippen LogP contribution in [0.3, 0.4) is 0 Å². The molecule has 17 heavy (non-hydrogen) atoms. The number of hydrogen-bond donors (Lipinski definition) is 1. The Labute approximate surface area is 116 Å². The molecule has 0 heterocycles. The van der Waals surface area contributed by atoms with E-state index in [-0.39, 0.29) is 11.9 Å². The van der Waals surface area contributed by atoms with Gasteiger partial charge in [0.25, 0.3) is 0 Å². The van der Waals surface area contributed by atoms with Gasteiger partial charge in [-0.25, -0.2) is 0 Å². The van der Waals surface area contributed by atoms with Crippen molar-refractivity contribution in [3.05, 3.63) is 28.2 Å². The zero-order valence-corrected chi connectivity index (χ0v) is 12.1. The van der Waals surface area contributed by atoms with Crippen LogP contribution in [0.5, 0.6) is 0 Å². The van der Waals surface area contributed by atoms with Crippen molar-refractivity contribution in [3.63, 3.8) is 0 Å². The van der Waals surface area contributed by atoms with Gasteiger partial charge in [0.2, 0.25) is 5.91 Å². The zero-order valence-electron chi connectivity index (χ0n) is 9.80. The van der Waals surface area contributed by atoms with Crippen molar-refractivity contribution in [2.24, 2.45) is 0 Å². The number of thioether (sulfide) groups is 1. The highest BCUT2D eigenvalue weighted by atomic mass is 35.5. The number of rotatable bonds is 5. The van der Waals surface area contributed by atoms with Crippen LogP contribution in [0.4, 0.5) is 0 Å². The molecule has 0 aliphatic carbocycles. The summed E-state index contributed by atoms with van der Waals surface area (Å²) in [5.74, 6) is 0.327. The normalized spacial score (nSPS) is 12.2. The highest BCUT2D eigenvalue weighted by Crippen LogP contribution is 2.33. The fourth-order valence-electron chi connectivity index (χ4n) is 1.18. The summed E-state index contributed by atoms with van der Waals surface area (Å²) in [6, 6.07) is 5.52. The van der Waals surface area contributed by atoms with Crippen LogP contribution < -0.4 is 5.32 Å². The summed E-state index contributed by atoms with van der Waals surface area (Å²) in [7, 11) is 0. The second kappa shape index (κ2) is 7.14. The van der Waals surface area contributed by atoms with Gasteiger partial charge in [-0.15, -0.1) is 11.8 Å². The van der Waals surface area contributed by atoms with Crippen LogP contribution in [0, 0.1) is 0 Å². The molecule has 1 N–H and O–H groups in total. The van der Waals surface area contributed by atoms with Gasteiger partial charge in [0.05, 0.1) is 15.8 Å². The molecule has 94 valence electrons. The molecule has 0 aromatic heterocycles. The highest BCUT2D eigenvalue weighted by Gasteiger charge is 2.10. The Kier molecular flexibility index (Phi) is 6.17. The Morgan fingerprint density at radius 2 is 2.00 bits per heavy atom. The molecule has 1 rings (SSSR count). The summed E-state index contributed by atoms with van der Waals surface area (Å²) in [6.45, 7) is 4.01. The second-order valence-corrected chi connectivity index (χ2v) is 5.52. The Bertz CT molecular complexity index is 378. The molecule has 1 aromatic rings. The first-order valence-electron chi connectivity index (χ1n) is 5.40. The van der Waals surface area contributed by atoms with Crippen LogP contribution in [-0.4, -0.2) is 17.7 Å². The van der Waals surface area contributed by atoms with Crippen LogP contribution in [0.2, 0.25) is 10.0 Å². The van der Waals surface area contributed by atoms with Crippen molar-refractivity contribution in [2.75, 3.05) is 5.75 Å². The third-order valence-electron chi connectivity index (χ3n) is 2.29. The van der Waals surface area contributed by atoms with Crippen molar-refractivity contribution < 1.29 is 4.79 Å². The third kappa shape index (κ3) is 4.78. The quantitative estimate of drug-likeness (QED) is 0.831. The molecule has 1 unspecified atom stereocenters. The van der Waals surface area contributed by atoms with E-state index < -0.39 is 0 Å². The molecule has 1 atom stereocenters. The van der Waals surface area contributed by atoms with Crippen LogP contribution in [0.25, 0.3) is 0 Å². The minimum atomic E-state index is 0.000311. The second-order valence-electron chi connectivity index (χ2n) is 3.72. The van der Waals surface area contributed by atoms with E-state index >= 15 is 0 Å². The van der Waals surface area contributed by atoms with Gasteiger partial charge in [0, 0.05) is 10.9 Å². The lowest BCUT2D eigenvalue weighted by Gasteiger charge is -2.11. The summed E-state index contributed by atoms with van der Waals surface area (Å²) in [4.78, 5) is 12.3. The molecule has 0 radical (unpaired) electrons. The monoisotopic (exact) mass is 291 g/mol. The summed E-state index contributed by atoms with van der Waals surface area (Å²) in [5.41, 5.74) is 0. The average molecular weight is 292 g/mol. The van der Waals surface area contributed by atoms with Crippen LogP contribution in [0.15, 0.2) is 23.1 Å². The molecule has 0 bridgehead atoms. The van der Waals surface area contributed by atoms with E-state index in [1.807, 2.05) is 13.8 Å². The fourth-order valence-corrected chi connectivity index (χ4v) is 2.67. The molecule has 0 fully saturated rings. The Hall–Kier alpha value is -0.380. The van der Waals surface area contributed by atoms with E-state index in [0.29, 0.717) is 15.8 Å². The van der Waals surface area contributed by atoms with Crippen molar-refractivity contribution in [2.45, 2.75) is 31.2 Å². The molecule has 1 aromatic carbocycles. The van der Waals surface area contributed by atoms with Crippen molar-refractivity contribution in [1.82, 2.24) is 5.32 Å². The van der Waals surface area contributed by atoms with Gasteiger partial charge < -0.3 is 5.32 Å². The Balaban J connectivity index is 2.53. The molecule has 0 aliphatic heterocycles. The van der Waals surface area contributed by atoms with Gasteiger partial charge in [-0.2, -0.15) is 0 Å².